The summed E-state index contributed by atoms with van der Waals surface area (Å²) in [5, 5.41) is 0. The Labute approximate surface area is 128 Å². The summed E-state index contributed by atoms with van der Waals surface area (Å²) in [6.07, 6.45) is 0. The Balaban J connectivity index is 2.91. The van der Waals surface area contributed by atoms with Gasteiger partial charge in [0, 0.05) is 5.56 Å². The van der Waals surface area contributed by atoms with Gasteiger partial charge in [-0.15, -0.1) is 0 Å². The van der Waals surface area contributed by atoms with Crippen LogP contribution in [-0.4, -0.2) is 9.76 Å². The largest absolute Gasteiger partial charge is 0.423 e. The predicted octanol–water partition coefficient (Wildman–Crippen LogP) is 4.79. The number of esters is 1. The number of ether oxygens (including phenoxy) is 1. The molecular weight excluding hydrogens is 353 g/mol. The first kappa shape index (κ1) is 15.5. The summed E-state index contributed by atoms with van der Waals surface area (Å²) in [5.41, 5.74) is 0.331. The quantitative estimate of drug-likeness (QED) is 0.411. The van der Waals surface area contributed by atoms with Crippen LogP contribution in [0.5, 0.6) is 5.75 Å². The van der Waals surface area contributed by atoms with E-state index in [1.807, 2.05) is 0 Å². The Morgan fingerprint density at radius 2 is 1.65 bits per heavy atom. The van der Waals surface area contributed by atoms with E-state index >= 15 is 0 Å². The van der Waals surface area contributed by atoms with Gasteiger partial charge in [0.05, 0.1) is 0 Å². The molecule has 2 nitrogen and oxygen atoms in total. The average molecular weight is 357 g/mol. The highest BCUT2D eigenvalue weighted by atomic mass is 35.6. The second-order valence-corrected chi connectivity index (χ2v) is 7.48. The Bertz CT molecular complexity index is 420. The lowest BCUT2D eigenvalue weighted by molar-refractivity contribution is -0.133. The van der Waals surface area contributed by atoms with Gasteiger partial charge in [-0.2, -0.15) is 0 Å². The fraction of sp³-hybridized carbons (Fsp3) is 0.222. The van der Waals surface area contributed by atoms with Crippen molar-refractivity contribution in [3.8, 4) is 5.75 Å². The molecule has 0 spiro atoms. The zero-order valence-corrected chi connectivity index (χ0v) is 12.4. The summed E-state index contributed by atoms with van der Waals surface area (Å²) in [5.74, 6) is -0.922. The van der Waals surface area contributed by atoms with Crippen LogP contribution in [0.25, 0.3) is 0 Å². The average Bonchev–Trinajstić information content (AvgIpc) is 2.15. The molecule has 1 rings (SSSR count). The lowest BCUT2D eigenvalue weighted by Gasteiger charge is -2.14. The Morgan fingerprint density at radius 1 is 1.06 bits per heavy atom. The molecule has 0 saturated carbocycles. The lowest BCUT2D eigenvalue weighted by Crippen LogP contribution is -2.24. The summed E-state index contributed by atoms with van der Waals surface area (Å²) < 4.78 is 1.02. The van der Waals surface area contributed by atoms with Crippen LogP contribution in [-0.2, 0) is 8.59 Å². The van der Waals surface area contributed by atoms with Crippen molar-refractivity contribution in [2.75, 3.05) is 0 Å². The van der Waals surface area contributed by atoms with Gasteiger partial charge >= 0.3 is 5.97 Å². The van der Waals surface area contributed by atoms with Crippen LogP contribution in [0.1, 0.15) is 5.56 Å². The van der Waals surface area contributed by atoms with Gasteiger partial charge in [-0.3, -0.25) is 0 Å². The van der Waals surface area contributed by atoms with Gasteiger partial charge < -0.3 is 4.74 Å². The molecule has 94 valence electrons. The standard InChI is InChI=1S/C9H4Cl6O2/c10-8(11,12)5-2-1-3-6(4-5)17-7(16)9(13,14)15/h1-4H. The maximum Gasteiger partial charge on any atom is 0.363 e. The van der Waals surface area contributed by atoms with Gasteiger partial charge in [0.15, 0.2) is 0 Å². The summed E-state index contributed by atoms with van der Waals surface area (Å²) in [4.78, 5) is 11.3. The molecule has 0 aliphatic heterocycles. The molecule has 17 heavy (non-hydrogen) atoms. The molecule has 0 unspecified atom stereocenters. The molecule has 0 amide bonds. The predicted molar refractivity (Wildman–Crippen MR) is 71.6 cm³/mol. The monoisotopic (exact) mass is 354 g/mol. The van der Waals surface area contributed by atoms with Gasteiger partial charge in [0.1, 0.15) is 5.75 Å². The molecule has 0 fully saturated rings. The molecule has 8 heteroatoms. The van der Waals surface area contributed by atoms with Crippen molar-refractivity contribution in [3.63, 3.8) is 0 Å². The SMILES string of the molecule is O=C(Oc1cccc(C(Cl)(Cl)Cl)c1)C(Cl)(Cl)Cl. The Kier molecular flexibility index (Phi) is 5.10. The summed E-state index contributed by atoms with van der Waals surface area (Å²) in [6, 6.07) is 5.92. The fourth-order valence-electron chi connectivity index (χ4n) is 0.901. The van der Waals surface area contributed by atoms with Crippen molar-refractivity contribution in [2.45, 2.75) is 7.59 Å². The zero-order chi connectivity index (χ0) is 13.3. The number of hydrogen-bond donors (Lipinski definition) is 0. The van der Waals surface area contributed by atoms with Crippen LogP contribution in [0.2, 0.25) is 0 Å². The first-order valence-corrected chi connectivity index (χ1v) is 6.34. The Morgan fingerprint density at radius 3 is 2.12 bits per heavy atom. The zero-order valence-electron chi connectivity index (χ0n) is 7.89. The van der Waals surface area contributed by atoms with Gasteiger partial charge in [0.25, 0.3) is 3.79 Å². The number of hydrogen-bond acceptors (Lipinski definition) is 2. The number of benzene rings is 1. The van der Waals surface area contributed by atoms with E-state index in [0.717, 1.165) is 0 Å². The minimum absolute atomic E-state index is 0.116. The van der Waals surface area contributed by atoms with E-state index in [2.05, 4.69) is 0 Å². The third-order valence-electron chi connectivity index (χ3n) is 1.60. The third kappa shape index (κ3) is 4.90. The van der Waals surface area contributed by atoms with Gasteiger partial charge in [-0.05, 0) is 12.1 Å². The molecule has 0 N–H and O–H groups in total. The fourth-order valence-corrected chi connectivity index (χ4v) is 1.37. The van der Waals surface area contributed by atoms with E-state index in [1.165, 1.54) is 18.2 Å². The van der Waals surface area contributed by atoms with Gasteiger partial charge in [-0.25, -0.2) is 4.79 Å². The first-order valence-electron chi connectivity index (χ1n) is 4.07. The molecule has 0 saturated heterocycles. The molecule has 0 heterocycles. The maximum absolute atomic E-state index is 11.3. The second kappa shape index (κ2) is 5.60. The van der Waals surface area contributed by atoms with Crippen LogP contribution in [0, 0.1) is 0 Å². The topological polar surface area (TPSA) is 26.3 Å². The van der Waals surface area contributed by atoms with Gasteiger partial charge in [0.2, 0.25) is 3.79 Å². The normalized spacial score (nSPS) is 12.4. The van der Waals surface area contributed by atoms with Crippen molar-refractivity contribution < 1.29 is 9.53 Å². The first-order chi connectivity index (χ1) is 7.60. The van der Waals surface area contributed by atoms with Crippen LogP contribution in [0.4, 0.5) is 0 Å². The highest BCUT2D eigenvalue weighted by molar-refractivity contribution is 6.75. The van der Waals surface area contributed by atoms with E-state index in [0.29, 0.717) is 5.56 Å². The minimum Gasteiger partial charge on any atom is -0.423 e. The van der Waals surface area contributed by atoms with E-state index in [4.69, 9.17) is 74.3 Å². The smallest absolute Gasteiger partial charge is 0.363 e. The number of rotatable bonds is 1. The van der Waals surface area contributed by atoms with Crippen LogP contribution >= 0.6 is 69.6 Å². The number of alkyl halides is 6. The summed E-state index contributed by atoms with van der Waals surface area (Å²) >= 11 is 33.0. The molecule has 0 bridgehead atoms. The van der Waals surface area contributed by atoms with Crippen molar-refractivity contribution in [2.24, 2.45) is 0 Å². The molecule has 0 aliphatic rings. The van der Waals surface area contributed by atoms with E-state index in [-0.39, 0.29) is 5.75 Å². The Hall–Kier alpha value is 0.430. The summed E-state index contributed by atoms with van der Waals surface area (Å²) in [6.45, 7) is 0. The molecule has 0 aromatic heterocycles. The van der Waals surface area contributed by atoms with Crippen LogP contribution in [0.15, 0.2) is 24.3 Å². The number of halogens is 6. The molecular formula is C9H4Cl6O2. The minimum atomic E-state index is -2.16. The van der Waals surface area contributed by atoms with Crippen LogP contribution < -0.4 is 4.74 Å². The van der Waals surface area contributed by atoms with Crippen molar-refractivity contribution in [3.05, 3.63) is 29.8 Å². The maximum atomic E-state index is 11.3. The van der Waals surface area contributed by atoms with Crippen molar-refractivity contribution in [1.82, 2.24) is 0 Å². The summed E-state index contributed by atoms with van der Waals surface area (Å²) in [7, 11) is 0. The molecule has 0 radical (unpaired) electrons. The molecule has 0 aliphatic carbocycles. The molecule has 0 atom stereocenters. The van der Waals surface area contributed by atoms with Crippen molar-refractivity contribution >= 4 is 75.6 Å². The highest BCUT2D eigenvalue weighted by Crippen LogP contribution is 2.39. The lowest BCUT2D eigenvalue weighted by atomic mass is 10.2. The third-order valence-corrected chi connectivity index (χ3v) is 2.72. The second-order valence-electron chi connectivity index (χ2n) is 2.91. The highest BCUT2D eigenvalue weighted by Gasteiger charge is 2.33. The number of carbonyl (C=O) groups excluding carboxylic acids is 1. The van der Waals surface area contributed by atoms with Crippen molar-refractivity contribution in [1.29, 1.82) is 0 Å². The molecule has 1 aromatic rings. The van der Waals surface area contributed by atoms with E-state index in [1.54, 1.807) is 6.07 Å². The number of carbonyl (C=O) groups is 1. The molecule has 1 aromatic carbocycles. The van der Waals surface area contributed by atoms with Gasteiger partial charge in [-0.1, -0.05) is 81.7 Å². The van der Waals surface area contributed by atoms with E-state index in [9.17, 15) is 4.79 Å². The van der Waals surface area contributed by atoms with Crippen LogP contribution in [0.3, 0.4) is 0 Å². The van der Waals surface area contributed by atoms with E-state index < -0.39 is 13.6 Å².